The molecule has 1 aliphatic rings. The average Bonchev–Trinajstić information content (AvgIpc) is 3.34. The molecular weight excluding hydrogens is 338 g/mol. The number of benzene rings is 2. The van der Waals surface area contributed by atoms with E-state index in [-0.39, 0.29) is 23.6 Å². The van der Waals surface area contributed by atoms with Gasteiger partial charge in [-0.3, -0.25) is 4.79 Å². The standard InChI is InChI=1S/C22H19N3O2/c1-2-25-19-7-4-3-6-17(19)18(14-23)21(25)15-9-11-16(12-10-15)24-22(26)20-8-5-13-27-20/h3-13,18,21H,2H2,1H3,(H,24,26). The van der Waals surface area contributed by atoms with E-state index in [4.69, 9.17) is 4.42 Å². The molecule has 2 aromatic carbocycles. The molecule has 1 N–H and O–H groups in total. The minimum Gasteiger partial charge on any atom is -0.459 e. The Morgan fingerprint density at radius 2 is 1.93 bits per heavy atom. The van der Waals surface area contributed by atoms with Crippen LogP contribution in [0.25, 0.3) is 0 Å². The smallest absolute Gasteiger partial charge is 0.291 e. The zero-order valence-electron chi connectivity index (χ0n) is 14.9. The first-order valence-corrected chi connectivity index (χ1v) is 8.93. The zero-order chi connectivity index (χ0) is 18.8. The Hall–Kier alpha value is -3.52. The number of anilines is 2. The number of carbonyl (C=O) groups is 1. The van der Waals surface area contributed by atoms with Crippen molar-refractivity contribution in [2.75, 3.05) is 16.8 Å². The van der Waals surface area contributed by atoms with Gasteiger partial charge in [0.1, 0.15) is 0 Å². The van der Waals surface area contributed by atoms with Crippen LogP contribution < -0.4 is 10.2 Å². The highest BCUT2D eigenvalue weighted by Gasteiger charge is 2.38. The number of nitrogens with one attached hydrogen (secondary N) is 1. The molecule has 0 saturated heterocycles. The number of nitriles is 1. The lowest BCUT2D eigenvalue weighted by molar-refractivity contribution is 0.0996. The lowest BCUT2D eigenvalue weighted by Crippen LogP contribution is -2.26. The van der Waals surface area contributed by atoms with Crippen LogP contribution in [-0.2, 0) is 0 Å². The molecule has 4 rings (SSSR count). The summed E-state index contributed by atoms with van der Waals surface area (Å²) in [5.74, 6) is -0.233. The number of rotatable bonds is 4. The minimum atomic E-state index is -0.286. The molecule has 0 aliphatic carbocycles. The fourth-order valence-corrected chi connectivity index (χ4v) is 3.76. The molecule has 5 nitrogen and oxygen atoms in total. The molecule has 2 atom stereocenters. The van der Waals surface area contributed by atoms with Gasteiger partial charge in [-0.25, -0.2) is 0 Å². The summed E-state index contributed by atoms with van der Waals surface area (Å²) in [5, 5.41) is 12.6. The van der Waals surface area contributed by atoms with Gasteiger partial charge in [0.25, 0.3) is 5.91 Å². The summed E-state index contributed by atoms with van der Waals surface area (Å²) >= 11 is 0. The largest absolute Gasteiger partial charge is 0.459 e. The van der Waals surface area contributed by atoms with E-state index in [1.54, 1.807) is 12.1 Å². The normalized spacial score (nSPS) is 18.0. The first-order chi connectivity index (χ1) is 13.2. The summed E-state index contributed by atoms with van der Waals surface area (Å²) in [5.41, 5.74) is 3.93. The number of carbonyl (C=O) groups excluding carboxylic acids is 1. The number of likely N-dealkylation sites (N-methyl/N-ethyl adjacent to an activating group) is 1. The predicted octanol–water partition coefficient (Wildman–Crippen LogP) is 4.72. The van der Waals surface area contributed by atoms with E-state index in [0.29, 0.717) is 5.69 Å². The Labute approximate surface area is 157 Å². The molecule has 1 aliphatic heterocycles. The van der Waals surface area contributed by atoms with Crippen LogP contribution in [0.4, 0.5) is 11.4 Å². The van der Waals surface area contributed by atoms with Crippen LogP contribution in [0, 0.1) is 11.3 Å². The summed E-state index contributed by atoms with van der Waals surface area (Å²) in [6.45, 7) is 2.92. The highest BCUT2D eigenvalue weighted by Crippen LogP contribution is 2.48. The summed E-state index contributed by atoms with van der Waals surface area (Å²) < 4.78 is 5.11. The third-order valence-electron chi connectivity index (χ3n) is 4.97. The number of furan rings is 1. The third kappa shape index (κ3) is 2.96. The van der Waals surface area contributed by atoms with Gasteiger partial charge in [-0.05, 0) is 48.4 Å². The summed E-state index contributed by atoms with van der Waals surface area (Å²) in [4.78, 5) is 14.4. The molecule has 27 heavy (non-hydrogen) atoms. The summed E-state index contributed by atoms with van der Waals surface area (Å²) in [6.07, 6.45) is 1.47. The molecule has 0 radical (unpaired) electrons. The maximum absolute atomic E-state index is 12.1. The second-order valence-corrected chi connectivity index (χ2v) is 6.45. The van der Waals surface area contributed by atoms with Crippen molar-refractivity contribution in [2.45, 2.75) is 18.9 Å². The number of hydrogen-bond donors (Lipinski definition) is 1. The van der Waals surface area contributed by atoms with Crippen molar-refractivity contribution in [1.82, 2.24) is 0 Å². The van der Waals surface area contributed by atoms with Crippen LogP contribution in [-0.4, -0.2) is 12.5 Å². The van der Waals surface area contributed by atoms with Crippen molar-refractivity contribution in [3.63, 3.8) is 0 Å². The van der Waals surface area contributed by atoms with Gasteiger partial charge in [-0.15, -0.1) is 0 Å². The first-order valence-electron chi connectivity index (χ1n) is 8.93. The lowest BCUT2D eigenvalue weighted by Gasteiger charge is -2.28. The lowest BCUT2D eigenvalue weighted by atomic mass is 9.91. The highest BCUT2D eigenvalue weighted by atomic mass is 16.3. The van der Waals surface area contributed by atoms with Gasteiger partial charge in [0.05, 0.1) is 24.3 Å². The fraction of sp³-hybridized carbons (Fsp3) is 0.182. The second-order valence-electron chi connectivity index (χ2n) is 6.45. The SMILES string of the molecule is CCN1c2ccccc2C(C#N)C1c1ccc(NC(=O)c2ccco2)cc1. The number of para-hydroxylation sites is 1. The van der Waals surface area contributed by atoms with Crippen molar-refractivity contribution >= 4 is 17.3 Å². The molecule has 0 saturated carbocycles. The Morgan fingerprint density at radius 1 is 1.15 bits per heavy atom. The number of hydrogen-bond acceptors (Lipinski definition) is 4. The Morgan fingerprint density at radius 3 is 2.59 bits per heavy atom. The Balaban J connectivity index is 1.60. The fourth-order valence-electron chi connectivity index (χ4n) is 3.76. The molecule has 5 heteroatoms. The van der Waals surface area contributed by atoms with Crippen LogP contribution in [0.3, 0.4) is 0 Å². The van der Waals surface area contributed by atoms with Crippen LogP contribution in [0.15, 0.2) is 71.3 Å². The minimum absolute atomic E-state index is 0.0350. The van der Waals surface area contributed by atoms with Crippen molar-refractivity contribution < 1.29 is 9.21 Å². The monoisotopic (exact) mass is 357 g/mol. The molecular formula is C22H19N3O2. The second kappa shape index (κ2) is 7.00. The van der Waals surface area contributed by atoms with Gasteiger partial charge in [0.15, 0.2) is 5.76 Å². The number of fused-ring (bicyclic) bond motifs is 1. The number of amides is 1. The molecule has 0 fully saturated rings. The average molecular weight is 357 g/mol. The van der Waals surface area contributed by atoms with E-state index in [1.165, 1.54) is 6.26 Å². The van der Waals surface area contributed by atoms with E-state index < -0.39 is 0 Å². The van der Waals surface area contributed by atoms with E-state index >= 15 is 0 Å². The van der Waals surface area contributed by atoms with Crippen LogP contribution in [0.5, 0.6) is 0 Å². The zero-order valence-corrected chi connectivity index (χ0v) is 14.9. The van der Waals surface area contributed by atoms with Crippen LogP contribution >= 0.6 is 0 Å². The third-order valence-corrected chi connectivity index (χ3v) is 4.97. The Bertz CT molecular complexity index is 987. The van der Waals surface area contributed by atoms with Crippen LogP contribution in [0.2, 0.25) is 0 Å². The van der Waals surface area contributed by atoms with Crippen molar-refractivity contribution in [3.05, 3.63) is 83.8 Å². The maximum Gasteiger partial charge on any atom is 0.291 e. The molecule has 2 unspecified atom stereocenters. The van der Waals surface area contributed by atoms with Crippen molar-refractivity contribution in [2.24, 2.45) is 0 Å². The topological polar surface area (TPSA) is 69.3 Å². The summed E-state index contributed by atoms with van der Waals surface area (Å²) in [7, 11) is 0. The van der Waals surface area contributed by atoms with Crippen LogP contribution in [0.1, 0.15) is 40.6 Å². The van der Waals surface area contributed by atoms with Crippen molar-refractivity contribution in [3.8, 4) is 6.07 Å². The van der Waals surface area contributed by atoms with Gasteiger partial charge in [0, 0.05) is 17.9 Å². The highest BCUT2D eigenvalue weighted by molar-refractivity contribution is 6.02. The van der Waals surface area contributed by atoms with Crippen molar-refractivity contribution in [1.29, 1.82) is 5.26 Å². The van der Waals surface area contributed by atoms with Gasteiger partial charge in [-0.1, -0.05) is 30.3 Å². The van der Waals surface area contributed by atoms with E-state index in [0.717, 1.165) is 23.4 Å². The van der Waals surface area contributed by atoms with Gasteiger partial charge in [0.2, 0.25) is 0 Å². The molecule has 134 valence electrons. The quantitative estimate of drug-likeness (QED) is 0.733. The molecule has 1 aromatic heterocycles. The molecule has 0 bridgehead atoms. The molecule has 2 heterocycles. The van der Waals surface area contributed by atoms with E-state index in [9.17, 15) is 10.1 Å². The molecule has 3 aromatic rings. The molecule has 0 spiro atoms. The van der Waals surface area contributed by atoms with Gasteiger partial charge in [-0.2, -0.15) is 5.26 Å². The van der Waals surface area contributed by atoms with E-state index in [2.05, 4.69) is 29.3 Å². The molecule has 1 amide bonds. The van der Waals surface area contributed by atoms with Gasteiger partial charge < -0.3 is 14.6 Å². The first kappa shape index (κ1) is 16.9. The van der Waals surface area contributed by atoms with Gasteiger partial charge >= 0.3 is 0 Å². The van der Waals surface area contributed by atoms with E-state index in [1.807, 2.05) is 42.5 Å². The maximum atomic E-state index is 12.1. The number of nitrogens with zero attached hydrogens (tertiary/aromatic N) is 2. The Kier molecular flexibility index (Phi) is 4.39. The predicted molar refractivity (Wildman–Crippen MR) is 104 cm³/mol. The summed E-state index contributed by atoms with van der Waals surface area (Å²) in [6, 6.07) is 21.5.